The van der Waals surface area contributed by atoms with E-state index in [4.69, 9.17) is 0 Å². The molecule has 0 aromatic carbocycles. The van der Waals surface area contributed by atoms with Crippen molar-refractivity contribution in [1.29, 1.82) is 0 Å². The molecule has 0 N–H and O–H groups in total. The molecule has 4 nitrogen and oxygen atoms in total. The number of fused-ring (bicyclic) bond motifs is 1. The zero-order valence-corrected chi connectivity index (χ0v) is 8.59. The topological polar surface area (TPSA) is 52.1 Å². The fraction of sp³-hybridized carbons (Fsp3) is 0.222. The van der Waals surface area contributed by atoms with Crippen molar-refractivity contribution in [3.8, 4) is 0 Å². The summed E-state index contributed by atoms with van der Waals surface area (Å²) in [4.78, 5) is 21.2. The monoisotopic (exact) mass is 208 g/mol. The Balaban J connectivity index is 2.70. The molecule has 5 heteroatoms. The second-order valence-corrected chi connectivity index (χ2v) is 4.02. The van der Waals surface area contributed by atoms with Gasteiger partial charge in [-0.25, -0.2) is 14.8 Å². The van der Waals surface area contributed by atoms with Crippen LogP contribution in [-0.4, -0.2) is 23.0 Å². The quantitative estimate of drug-likeness (QED) is 0.670. The second kappa shape index (κ2) is 3.34. The molecule has 0 aliphatic heterocycles. The summed E-state index contributed by atoms with van der Waals surface area (Å²) >= 11 is 1.54. The summed E-state index contributed by atoms with van der Waals surface area (Å²) in [7, 11) is 1.34. The Hall–Kier alpha value is -1.49. The van der Waals surface area contributed by atoms with Gasteiger partial charge in [0, 0.05) is 10.3 Å². The number of aryl methyl sites for hydroxylation is 1. The average Bonchev–Trinajstić information content (AvgIpc) is 2.56. The van der Waals surface area contributed by atoms with Crippen molar-refractivity contribution in [1.82, 2.24) is 9.97 Å². The molecule has 0 saturated carbocycles. The smallest absolute Gasteiger partial charge is 0.357 e. The summed E-state index contributed by atoms with van der Waals surface area (Å²) in [6.45, 7) is 1.97. The van der Waals surface area contributed by atoms with Crippen molar-refractivity contribution >= 4 is 27.5 Å². The Kier molecular flexibility index (Phi) is 2.17. The molecule has 0 aliphatic carbocycles. The lowest BCUT2D eigenvalue weighted by atomic mass is 10.3. The third-order valence-corrected chi connectivity index (χ3v) is 2.79. The van der Waals surface area contributed by atoms with E-state index in [1.54, 1.807) is 0 Å². The van der Waals surface area contributed by atoms with Crippen LogP contribution in [0.5, 0.6) is 0 Å². The molecule has 0 amide bonds. The van der Waals surface area contributed by atoms with Crippen LogP contribution in [0.3, 0.4) is 0 Å². The van der Waals surface area contributed by atoms with Gasteiger partial charge in [-0.15, -0.1) is 11.3 Å². The van der Waals surface area contributed by atoms with Crippen molar-refractivity contribution in [2.75, 3.05) is 7.11 Å². The third kappa shape index (κ3) is 1.35. The Morgan fingerprint density at radius 1 is 1.50 bits per heavy atom. The van der Waals surface area contributed by atoms with Crippen LogP contribution in [0.25, 0.3) is 10.2 Å². The van der Waals surface area contributed by atoms with Gasteiger partial charge in [-0.3, -0.25) is 0 Å². The molecule has 0 spiro atoms. The first kappa shape index (κ1) is 9.08. The van der Waals surface area contributed by atoms with E-state index in [0.717, 1.165) is 15.1 Å². The number of esters is 1. The minimum atomic E-state index is -0.421. The van der Waals surface area contributed by atoms with Crippen LogP contribution in [0.2, 0.25) is 0 Å². The van der Waals surface area contributed by atoms with Gasteiger partial charge in [0.1, 0.15) is 11.2 Å². The highest BCUT2D eigenvalue weighted by molar-refractivity contribution is 7.18. The van der Waals surface area contributed by atoms with Gasteiger partial charge in [0.2, 0.25) is 0 Å². The molecule has 2 aromatic rings. The van der Waals surface area contributed by atoms with Gasteiger partial charge in [-0.2, -0.15) is 0 Å². The Labute approximate surface area is 84.6 Å². The van der Waals surface area contributed by atoms with Crippen molar-refractivity contribution in [2.45, 2.75) is 6.92 Å². The molecule has 2 heterocycles. The zero-order chi connectivity index (χ0) is 10.1. The molecular weight excluding hydrogens is 200 g/mol. The maximum atomic E-state index is 11.3. The van der Waals surface area contributed by atoms with Crippen molar-refractivity contribution < 1.29 is 9.53 Å². The molecule has 0 saturated heterocycles. The van der Waals surface area contributed by atoms with E-state index < -0.39 is 5.97 Å². The van der Waals surface area contributed by atoms with Gasteiger partial charge in [0.05, 0.1) is 7.11 Å². The Morgan fingerprint density at radius 3 is 3.00 bits per heavy atom. The van der Waals surface area contributed by atoms with E-state index in [1.165, 1.54) is 24.8 Å². The molecule has 0 radical (unpaired) electrons. The summed E-state index contributed by atoms with van der Waals surface area (Å²) in [6, 6.07) is 1.90. The van der Waals surface area contributed by atoms with Crippen LogP contribution in [-0.2, 0) is 4.74 Å². The number of rotatable bonds is 1. The summed E-state index contributed by atoms with van der Waals surface area (Å²) in [5, 5.41) is 0.766. The number of carbonyl (C=O) groups excluding carboxylic acids is 1. The van der Waals surface area contributed by atoms with E-state index in [0.29, 0.717) is 5.69 Å². The molecule has 0 fully saturated rings. The minimum Gasteiger partial charge on any atom is -0.464 e. The van der Waals surface area contributed by atoms with E-state index in [-0.39, 0.29) is 0 Å². The van der Waals surface area contributed by atoms with Gasteiger partial charge in [-0.1, -0.05) is 0 Å². The molecule has 0 bridgehead atoms. The number of aromatic nitrogens is 2. The molecule has 14 heavy (non-hydrogen) atoms. The largest absolute Gasteiger partial charge is 0.464 e. The van der Waals surface area contributed by atoms with Crippen LogP contribution in [0.1, 0.15) is 15.4 Å². The number of carbonyl (C=O) groups is 1. The second-order valence-electron chi connectivity index (χ2n) is 2.79. The van der Waals surface area contributed by atoms with Gasteiger partial charge in [-0.05, 0) is 13.0 Å². The maximum Gasteiger partial charge on any atom is 0.357 e. The Morgan fingerprint density at radius 2 is 2.29 bits per heavy atom. The first-order valence-corrected chi connectivity index (χ1v) is 4.83. The van der Waals surface area contributed by atoms with Crippen LogP contribution in [0, 0.1) is 6.92 Å². The van der Waals surface area contributed by atoms with Crippen molar-refractivity contribution in [3.05, 3.63) is 23.0 Å². The lowest BCUT2D eigenvalue weighted by Gasteiger charge is -1.97. The van der Waals surface area contributed by atoms with E-state index in [1.807, 2.05) is 13.0 Å². The lowest BCUT2D eigenvalue weighted by Crippen LogP contribution is -2.04. The fourth-order valence-corrected chi connectivity index (χ4v) is 2.08. The van der Waals surface area contributed by atoms with Crippen molar-refractivity contribution in [3.63, 3.8) is 0 Å². The number of hydrogen-bond donors (Lipinski definition) is 0. The SMILES string of the molecule is COC(=O)c1ncnc2sc(C)cc12. The van der Waals surface area contributed by atoms with Gasteiger partial charge >= 0.3 is 5.97 Å². The maximum absolute atomic E-state index is 11.3. The van der Waals surface area contributed by atoms with E-state index in [2.05, 4.69) is 14.7 Å². The van der Waals surface area contributed by atoms with Crippen LogP contribution >= 0.6 is 11.3 Å². The minimum absolute atomic E-state index is 0.335. The first-order valence-electron chi connectivity index (χ1n) is 4.02. The highest BCUT2D eigenvalue weighted by Gasteiger charge is 2.13. The third-order valence-electron chi connectivity index (χ3n) is 1.83. The number of hydrogen-bond acceptors (Lipinski definition) is 5. The standard InChI is InChI=1S/C9H8N2O2S/c1-5-3-6-7(9(12)13-2)10-4-11-8(6)14-5/h3-4H,1-2H3. The molecular formula is C9H8N2O2S. The van der Waals surface area contributed by atoms with Crippen LogP contribution in [0.4, 0.5) is 0 Å². The van der Waals surface area contributed by atoms with Gasteiger partial charge in [0.25, 0.3) is 0 Å². The molecule has 72 valence electrons. The fourth-order valence-electron chi connectivity index (χ4n) is 1.24. The van der Waals surface area contributed by atoms with Crippen LogP contribution in [0.15, 0.2) is 12.4 Å². The molecule has 0 aliphatic rings. The number of thiophene rings is 1. The number of nitrogens with zero attached hydrogens (tertiary/aromatic N) is 2. The van der Waals surface area contributed by atoms with E-state index in [9.17, 15) is 4.79 Å². The summed E-state index contributed by atoms with van der Waals surface area (Å²) in [5.41, 5.74) is 0.335. The van der Waals surface area contributed by atoms with Crippen LogP contribution < -0.4 is 0 Å². The number of ether oxygens (including phenoxy) is 1. The average molecular weight is 208 g/mol. The lowest BCUT2D eigenvalue weighted by molar-refractivity contribution is 0.0596. The number of methoxy groups -OCH3 is 1. The predicted molar refractivity (Wildman–Crippen MR) is 53.5 cm³/mol. The zero-order valence-electron chi connectivity index (χ0n) is 7.77. The molecule has 0 unspecified atom stereocenters. The Bertz CT molecular complexity index is 493. The van der Waals surface area contributed by atoms with Crippen molar-refractivity contribution in [2.24, 2.45) is 0 Å². The summed E-state index contributed by atoms with van der Waals surface area (Å²) in [5.74, 6) is -0.421. The first-order chi connectivity index (χ1) is 6.72. The molecule has 2 aromatic heterocycles. The molecule has 2 rings (SSSR count). The highest BCUT2D eigenvalue weighted by Crippen LogP contribution is 2.24. The summed E-state index contributed by atoms with van der Waals surface area (Å²) < 4.78 is 4.63. The normalized spacial score (nSPS) is 10.4. The van der Waals surface area contributed by atoms with Gasteiger partial charge in [0.15, 0.2) is 5.69 Å². The summed E-state index contributed by atoms with van der Waals surface area (Å²) in [6.07, 6.45) is 1.38. The van der Waals surface area contributed by atoms with Gasteiger partial charge < -0.3 is 4.74 Å². The predicted octanol–water partition coefficient (Wildman–Crippen LogP) is 1.79. The van der Waals surface area contributed by atoms with E-state index >= 15 is 0 Å². The molecule has 0 atom stereocenters. The highest BCUT2D eigenvalue weighted by atomic mass is 32.1.